The highest BCUT2D eigenvalue weighted by molar-refractivity contribution is 6.06. The fraction of sp³-hybridized carbons (Fsp3) is 0.214. The van der Waals surface area contributed by atoms with E-state index in [-0.39, 0.29) is 11.6 Å². The first-order chi connectivity index (χ1) is 9.60. The van der Waals surface area contributed by atoms with E-state index < -0.39 is 11.4 Å². The molecule has 1 aliphatic heterocycles. The lowest BCUT2D eigenvalue weighted by molar-refractivity contribution is -0.120. The van der Waals surface area contributed by atoms with Crippen LogP contribution in [0.1, 0.15) is 27.3 Å². The topological polar surface area (TPSA) is 95.1 Å². The maximum atomic E-state index is 12.4. The molecule has 1 unspecified atom stereocenters. The summed E-state index contributed by atoms with van der Waals surface area (Å²) in [5.74, 6) is -0.430. The van der Waals surface area contributed by atoms with E-state index in [9.17, 15) is 9.59 Å². The molecule has 2 aliphatic rings. The Morgan fingerprint density at radius 2 is 2.25 bits per heavy atom. The lowest BCUT2D eigenvalue weighted by atomic mass is 9.79. The maximum Gasteiger partial charge on any atom is 0.352 e. The minimum absolute atomic E-state index is 0.0623. The van der Waals surface area contributed by atoms with Gasteiger partial charge in [-0.1, -0.05) is 6.07 Å². The molecular formula is C14H11N3O3. The minimum atomic E-state index is -0.980. The number of carbonyl (C=O) groups excluding carboxylic acids is 1. The maximum absolute atomic E-state index is 12.4. The molecule has 3 heterocycles. The summed E-state index contributed by atoms with van der Waals surface area (Å²) in [7, 11) is 0. The van der Waals surface area contributed by atoms with E-state index in [1.165, 1.54) is 0 Å². The van der Waals surface area contributed by atoms with Crippen molar-refractivity contribution in [1.29, 1.82) is 0 Å². The van der Waals surface area contributed by atoms with Gasteiger partial charge in [-0.15, -0.1) is 0 Å². The van der Waals surface area contributed by atoms with E-state index in [2.05, 4.69) is 15.3 Å². The highest BCUT2D eigenvalue weighted by Gasteiger charge is 2.51. The third-order valence-corrected chi connectivity index (χ3v) is 4.18. The molecule has 4 rings (SSSR count). The summed E-state index contributed by atoms with van der Waals surface area (Å²) < 4.78 is 0. The van der Waals surface area contributed by atoms with Crippen molar-refractivity contribution in [3.63, 3.8) is 0 Å². The highest BCUT2D eigenvalue weighted by Crippen LogP contribution is 2.46. The lowest BCUT2D eigenvalue weighted by Crippen LogP contribution is -2.35. The van der Waals surface area contributed by atoms with E-state index in [4.69, 9.17) is 5.11 Å². The Morgan fingerprint density at radius 1 is 1.40 bits per heavy atom. The molecule has 6 nitrogen and oxygen atoms in total. The van der Waals surface area contributed by atoms with Crippen molar-refractivity contribution in [2.24, 2.45) is 0 Å². The average Bonchev–Trinajstić information content (AvgIpc) is 3.02. The van der Waals surface area contributed by atoms with Crippen molar-refractivity contribution < 1.29 is 14.7 Å². The Bertz CT molecular complexity index is 739. The quantitative estimate of drug-likeness (QED) is 0.722. The van der Waals surface area contributed by atoms with Crippen LogP contribution in [-0.4, -0.2) is 27.0 Å². The molecule has 1 atom stereocenters. The highest BCUT2D eigenvalue weighted by atomic mass is 16.4. The molecule has 1 aliphatic carbocycles. The summed E-state index contributed by atoms with van der Waals surface area (Å²) in [6.07, 6.45) is 2.64. The monoisotopic (exact) mass is 269 g/mol. The number of fused-ring (bicyclic) bond motifs is 3. The second kappa shape index (κ2) is 3.47. The van der Waals surface area contributed by atoms with E-state index in [0.29, 0.717) is 18.7 Å². The number of carboxylic acid groups (broad SMARTS) is 1. The molecule has 1 spiro atoms. The van der Waals surface area contributed by atoms with Gasteiger partial charge >= 0.3 is 5.97 Å². The SMILES string of the molecule is O=C(O)c1cc2c([nH]1)CC1(C2)C(=O)Nc2ncccc21. The molecule has 20 heavy (non-hydrogen) atoms. The molecule has 0 radical (unpaired) electrons. The van der Waals surface area contributed by atoms with Crippen LogP contribution in [-0.2, 0) is 23.1 Å². The fourth-order valence-corrected chi connectivity index (χ4v) is 3.25. The van der Waals surface area contributed by atoms with Crippen LogP contribution in [0.5, 0.6) is 0 Å². The summed E-state index contributed by atoms with van der Waals surface area (Å²) in [4.78, 5) is 30.4. The Labute approximate surface area is 113 Å². The number of hydrogen-bond acceptors (Lipinski definition) is 3. The molecule has 3 N–H and O–H groups in total. The number of pyridine rings is 1. The van der Waals surface area contributed by atoms with Gasteiger partial charge in [-0.3, -0.25) is 4.79 Å². The van der Waals surface area contributed by atoms with E-state index >= 15 is 0 Å². The number of anilines is 1. The van der Waals surface area contributed by atoms with Crippen LogP contribution in [0.2, 0.25) is 0 Å². The number of aromatic amines is 1. The molecule has 0 saturated heterocycles. The van der Waals surface area contributed by atoms with Crippen molar-refractivity contribution >= 4 is 17.7 Å². The van der Waals surface area contributed by atoms with Gasteiger partial charge in [0.1, 0.15) is 11.5 Å². The van der Waals surface area contributed by atoms with Gasteiger partial charge in [-0.2, -0.15) is 0 Å². The number of carbonyl (C=O) groups is 2. The van der Waals surface area contributed by atoms with Crippen molar-refractivity contribution in [2.45, 2.75) is 18.3 Å². The summed E-state index contributed by atoms with van der Waals surface area (Å²) in [5.41, 5.74) is 2.16. The normalized spacial score (nSPS) is 22.7. The summed E-state index contributed by atoms with van der Waals surface area (Å²) in [5, 5.41) is 11.8. The minimum Gasteiger partial charge on any atom is -0.477 e. The number of aromatic nitrogens is 2. The fourth-order valence-electron chi connectivity index (χ4n) is 3.25. The third kappa shape index (κ3) is 1.25. The lowest BCUT2D eigenvalue weighted by Gasteiger charge is -2.20. The van der Waals surface area contributed by atoms with Gasteiger partial charge in [0, 0.05) is 23.9 Å². The number of nitrogens with one attached hydrogen (secondary N) is 2. The first kappa shape index (κ1) is 11.2. The number of hydrogen-bond donors (Lipinski definition) is 3. The Hall–Kier alpha value is -2.63. The molecule has 0 bridgehead atoms. The van der Waals surface area contributed by atoms with Crippen LogP contribution < -0.4 is 5.32 Å². The van der Waals surface area contributed by atoms with Gasteiger partial charge in [0.25, 0.3) is 0 Å². The van der Waals surface area contributed by atoms with Gasteiger partial charge in [-0.05, 0) is 24.1 Å². The van der Waals surface area contributed by atoms with Crippen molar-refractivity contribution in [3.8, 4) is 0 Å². The Balaban J connectivity index is 1.80. The first-order valence-corrected chi connectivity index (χ1v) is 6.31. The van der Waals surface area contributed by atoms with E-state index in [1.807, 2.05) is 12.1 Å². The van der Waals surface area contributed by atoms with Crippen LogP contribution in [0, 0.1) is 0 Å². The number of rotatable bonds is 1. The largest absolute Gasteiger partial charge is 0.477 e. The van der Waals surface area contributed by atoms with Crippen LogP contribution in [0.4, 0.5) is 5.82 Å². The van der Waals surface area contributed by atoms with Crippen LogP contribution in [0.3, 0.4) is 0 Å². The number of aromatic carboxylic acids is 1. The van der Waals surface area contributed by atoms with Gasteiger partial charge in [-0.25, -0.2) is 9.78 Å². The van der Waals surface area contributed by atoms with Gasteiger partial charge in [0.15, 0.2) is 0 Å². The summed E-state index contributed by atoms with van der Waals surface area (Å²) in [6.45, 7) is 0. The van der Waals surface area contributed by atoms with Crippen LogP contribution >= 0.6 is 0 Å². The number of nitrogens with zero attached hydrogens (tertiary/aromatic N) is 1. The Morgan fingerprint density at radius 3 is 3.00 bits per heavy atom. The molecular weight excluding hydrogens is 258 g/mol. The molecule has 2 aromatic heterocycles. The van der Waals surface area contributed by atoms with Gasteiger partial charge in [0.2, 0.25) is 5.91 Å². The van der Waals surface area contributed by atoms with Gasteiger partial charge in [0.05, 0.1) is 5.41 Å². The summed E-state index contributed by atoms with van der Waals surface area (Å²) >= 11 is 0. The third-order valence-electron chi connectivity index (χ3n) is 4.18. The molecule has 6 heteroatoms. The van der Waals surface area contributed by atoms with E-state index in [1.54, 1.807) is 12.3 Å². The van der Waals surface area contributed by atoms with Gasteiger partial charge < -0.3 is 15.4 Å². The number of amides is 1. The van der Waals surface area contributed by atoms with Crippen molar-refractivity contribution in [2.75, 3.05) is 5.32 Å². The predicted octanol–water partition coefficient (Wildman–Crippen LogP) is 1.10. The molecule has 0 aromatic carbocycles. The number of H-pyrrole nitrogens is 1. The van der Waals surface area contributed by atoms with Crippen LogP contribution in [0.25, 0.3) is 0 Å². The molecule has 2 aromatic rings. The zero-order valence-corrected chi connectivity index (χ0v) is 10.4. The Kier molecular flexibility index (Phi) is 1.95. The smallest absolute Gasteiger partial charge is 0.352 e. The molecule has 0 fully saturated rings. The number of carboxylic acids is 1. The second-order valence-corrected chi connectivity index (χ2v) is 5.28. The standard InChI is InChI=1S/C14H11N3O3/c18-12(19)9-4-7-5-14(6-10(7)16-9)8-2-1-3-15-11(8)17-13(14)20/h1-4,16H,5-6H2,(H,18,19)(H,15,17,20). The first-order valence-electron chi connectivity index (χ1n) is 6.31. The van der Waals surface area contributed by atoms with Crippen LogP contribution in [0.15, 0.2) is 24.4 Å². The summed E-state index contributed by atoms with van der Waals surface area (Å²) in [6, 6.07) is 5.34. The molecule has 0 saturated carbocycles. The van der Waals surface area contributed by atoms with E-state index in [0.717, 1.165) is 16.8 Å². The zero-order valence-electron chi connectivity index (χ0n) is 10.4. The zero-order chi connectivity index (χ0) is 13.9. The van der Waals surface area contributed by atoms with Crippen molar-refractivity contribution in [1.82, 2.24) is 9.97 Å². The average molecular weight is 269 g/mol. The predicted molar refractivity (Wildman–Crippen MR) is 69.7 cm³/mol. The molecule has 1 amide bonds. The van der Waals surface area contributed by atoms with Crippen molar-refractivity contribution in [3.05, 3.63) is 46.9 Å². The second-order valence-electron chi connectivity index (χ2n) is 5.28. The molecule has 100 valence electrons.